The summed E-state index contributed by atoms with van der Waals surface area (Å²) in [6.07, 6.45) is 4.82. The molecule has 0 bridgehead atoms. The van der Waals surface area contributed by atoms with Gasteiger partial charge in [0.25, 0.3) is 0 Å². The van der Waals surface area contributed by atoms with Crippen molar-refractivity contribution in [3.63, 3.8) is 0 Å². The van der Waals surface area contributed by atoms with Crippen LogP contribution in [0.4, 0.5) is 0 Å². The van der Waals surface area contributed by atoms with Gasteiger partial charge in [-0.2, -0.15) is 0 Å². The largest absolute Gasteiger partial charge is 0.393 e. The molecule has 3 unspecified atom stereocenters. The molecule has 1 amide bonds. The van der Waals surface area contributed by atoms with E-state index in [2.05, 4.69) is 24.5 Å². The second kappa shape index (κ2) is 7.74. The van der Waals surface area contributed by atoms with E-state index in [0.717, 1.165) is 38.6 Å². The van der Waals surface area contributed by atoms with E-state index in [1.54, 1.807) is 0 Å². The van der Waals surface area contributed by atoms with Gasteiger partial charge in [0.2, 0.25) is 5.91 Å². The molecular weight excluding hydrogens is 228 g/mol. The van der Waals surface area contributed by atoms with Crippen LogP contribution in [0.3, 0.4) is 0 Å². The van der Waals surface area contributed by atoms with Crippen LogP contribution >= 0.6 is 0 Å². The van der Waals surface area contributed by atoms with E-state index in [-0.39, 0.29) is 24.1 Å². The number of hydrogen-bond donors (Lipinski definition) is 3. The highest BCUT2D eigenvalue weighted by Gasteiger charge is 2.26. The lowest BCUT2D eigenvalue weighted by molar-refractivity contribution is -0.123. The number of hydrogen-bond acceptors (Lipinski definition) is 3. The van der Waals surface area contributed by atoms with E-state index >= 15 is 0 Å². The number of nitrogens with one attached hydrogen (secondary N) is 2. The second-order valence-electron chi connectivity index (χ2n) is 5.41. The van der Waals surface area contributed by atoms with Gasteiger partial charge in [-0.05, 0) is 38.5 Å². The predicted octanol–water partition coefficient (Wildman–Crippen LogP) is 1.43. The molecule has 0 aromatic carbocycles. The van der Waals surface area contributed by atoms with E-state index in [1.807, 2.05) is 6.92 Å². The minimum absolute atomic E-state index is 0.0659. The monoisotopic (exact) mass is 256 g/mol. The molecule has 3 N–H and O–H groups in total. The molecule has 106 valence electrons. The van der Waals surface area contributed by atoms with Gasteiger partial charge >= 0.3 is 0 Å². The zero-order valence-corrected chi connectivity index (χ0v) is 11.9. The number of aliphatic hydroxyl groups is 1. The van der Waals surface area contributed by atoms with Crippen molar-refractivity contribution >= 4 is 5.91 Å². The summed E-state index contributed by atoms with van der Waals surface area (Å²) < 4.78 is 0. The van der Waals surface area contributed by atoms with Crippen molar-refractivity contribution in [1.29, 1.82) is 0 Å². The lowest BCUT2D eigenvalue weighted by Crippen LogP contribution is -2.47. The van der Waals surface area contributed by atoms with E-state index in [4.69, 9.17) is 0 Å². The molecule has 0 aromatic rings. The van der Waals surface area contributed by atoms with Gasteiger partial charge in [-0.25, -0.2) is 0 Å². The Kier molecular flexibility index (Phi) is 6.65. The minimum Gasteiger partial charge on any atom is -0.393 e. The maximum absolute atomic E-state index is 11.9. The smallest absolute Gasteiger partial charge is 0.237 e. The molecule has 0 aliphatic heterocycles. The van der Waals surface area contributed by atoms with Crippen LogP contribution in [0.1, 0.15) is 52.9 Å². The maximum Gasteiger partial charge on any atom is 0.237 e. The summed E-state index contributed by atoms with van der Waals surface area (Å²) in [6, 6.07) is 0.0946. The van der Waals surface area contributed by atoms with Crippen LogP contribution in [-0.2, 0) is 4.79 Å². The van der Waals surface area contributed by atoms with Crippen LogP contribution in [0.25, 0.3) is 0 Å². The molecule has 1 aliphatic carbocycles. The number of amides is 1. The molecule has 0 saturated heterocycles. The lowest BCUT2D eigenvalue weighted by Gasteiger charge is -2.21. The quantitative estimate of drug-likeness (QED) is 0.646. The number of carbonyl (C=O) groups is 1. The third-order valence-corrected chi connectivity index (χ3v) is 4.03. The maximum atomic E-state index is 11.9. The van der Waals surface area contributed by atoms with Gasteiger partial charge in [0, 0.05) is 12.6 Å². The molecule has 0 heterocycles. The van der Waals surface area contributed by atoms with E-state index < -0.39 is 0 Å². The summed E-state index contributed by atoms with van der Waals surface area (Å²) in [6.45, 7) is 6.79. The molecule has 4 nitrogen and oxygen atoms in total. The summed E-state index contributed by atoms with van der Waals surface area (Å²) in [4.78, 5) is 11.9. The summed E-state index contributed by atoms with van der Waals surface area (Å²) in [5.41, 5.74) is 0. The third-order valence-electron chi connectivity index (χ3n) is 4.03. The Hall–Kier alpha value is -0.610. The topological polar surface area (TPSA) is 61.4 Å². The molecule has 4 heteroatoms. The SMILES string of the molecule is CCC(CC)NC(=O)C(C)NCC1CCCC1O. The molecule has 1 rings (SSSR count). The van der Waals surface area contributed by atoms with Gasteiger partial charge in [-0.1, -0.05) is 20.3 Å². The molecule has 0 aromatic heterocycles. The van der Waals surface area contributed by atoms with Crippen LogP contribution in [0, 0.1) is 5.92 Å². The molecular formula is C14H28N2O2. The highest BCUT2D eigenvalue weighted by Crippen LogP contribution is 2.24. The first-order valence-electron chi connectivity index (χ1n) is 7.30. The van der Waals surface area contributed by atoms with Crippen molar-refractivity contribution in [2.45, 2.75) is 71.1 Å². The van der Waals surface area contributed by atoms with Gasteiger partial charge in [0.15, 0.2) is 0 Å². The highest BCUT2D eigenvalue weighted by atomic mass is 16.3. The average Bonchev–Trinajstić information content (AvgIpc) is 2.78. The molecule has 0 spiro atoms. The summed E-state index contributed by atoms with van der Waals surface area (Å²) in [5.74, 6) is 0.379. The van der Waals surface area contributed by atoms with Crippen LogP contribution in [0.5, 0.6) is 0 Å². The van der Waals surface area contributed by atoms with Gasteiger partial charge < -0.3 is 15.7 Å². The fraction of sp³-hybridized carbons (Fsp3) is 0.929. The van der Waals surface area contributed by atoms with Gasteiger partial charge in [-0.15, -0.1) is 0 Å². The predicted molar refractivity (Wildman–Crippen MR) is 73.3 cm³/mol. The molecule has 1 saturated carbocycles. The standard InChI is InChI=1S/C14H28N2O2/c1-4-12(5-2)16-14(18)10(3)15-9-11-7-6-8-13(11)17/h10-13,15,17H,4-9H2,1-3H3,(H,16,18). The van der Waals surface area contributed by atoms with Crippen molar-refractivity contribution in [1.82, 2.24) is 10.6 Å². The molecule has 3 atom stereocenters. The average molecular weight is 256 g/mol. The molecule has 1 aliphatic rings. The van der Waals surface area contributed by atoms with Crippen molar-refractivity contribution in [2.75, 3.05) is 6.54 Å². The fourth-order valence-electron chi connectivity index (χ4n) is 2.50. The number of rotatable bonds is 7. The molecule has 1 fully saturated rings. The number of aliphatic hydroxyl groups excluding tert-OH is 1. The summed E-state index contributed by atoms with van der Waals surface area (Å²) >= 11 is 0. The Morgan fingerprint density at radius 2 is 2.00 bits per heavy atom. The van der Waals surface area contributed by atoms with Crippen molar-refractivity contribution < 1.29 is 9.90 Å². The van der Waals surface area contributed by atoms with Crippen molar-refractivity contribution in [3.05, 3.63) is 0 Å². The Balaban J connectivity index is 2.26. The van der Waals surface area contributed by atoms with Gasteiger partial charge in [0.1, 0.15) is 0 Å². The normalized spacial score (nSPS) is 25.4. The van der Waals surface area contributed by atoms with Crippen LogP contribution in [0.2, 0.25) is 0 Å². The third kappa shape index (κ3) is 4.58. The summed E-state index contributed by atoms with van der Waals surface area (Å²) in [7, 11) is 0. The molecule has 0 radical (unpaired) electrons. The van der Waals surface area contributed by atoms with E-state index in [1.165, 1.54) is 0 Å². The van der Waals surface area contributed by atoms with Crippen LogP contribution in [0.15, 0.2) is 0 Å². The Labute approximate surface area is 111 Å². The van der Waals surface area contributed by atoms with Crippen LogP contribution in [-0.4, -0.2) is 35.7 Å². The first-order valence-corrected chi connectivity index (χ1v) is 7.30. The second-order valence-corrected chi connectivity index (χ2v) is 5.41. The zero-order chi connectivity index (χ0) is 13.5. The Morgan fingerprint density at radius 3 is 2.50 bits per heavy atom. The fourth-order valence-corrected chi connectivity index (χ4v) is 2.50. The summed E-state index contributed by atoms with van der Waals surface area (Å²) in [5, 5.41) is 16.0. The van der Waals surface area contributed by atoms with Gasteiger partial charge in [-0.3, -0.25) is 4.79 Å². The first kappa shape index (κ1) is 15.4. The Morgan fingerprint density at radius 1 is 1.33 bits per heavy atom. The van der Waals surface area contributed by atoms with Crippen molar-refractivity contribution in [3.8, 4) is 0 Å². The van der Waals surface area contributed by atoms with Crippen molar-refractivity contribution in [2.24, 2.45) is 5.92 Å². The minimum atomic E-state index is -0.188. The first-order chi connectivity index (χ1) is 8.58. The molecule has 18 heavy (non-hydrogen) atoms. The highest BCUT2D eigenvalue weighted by molar-refractivity contribution is 5.81. The van der Waals surface area contributed by atoms with Gasteiger partial charge in [0.05, 0.1) is 12.1 Å². The number of carbonyl (C=O) groups excluding carboxylic acids is 1. The zero-order valence-electron chi connectivity index (χ0n) is 11.9. The van der Waals surface area contributed by atoms with E-state index in [9.17, 15) is 9.90 Å². The lowest BCUT2D eigenvalue weighted by atomic mass is 10.1. The van der Waals surface area contributed by atoms with E-state index in [0.29, 0.717) is 5.92 Å². The Bertz CT molecular complexity index is 254. The van der Waals surface area contributed by atoms with Crippen LogP contribution < -0.4 is 10.6 Å².